The van der Waals surface area contributed by atoms with E-state index >= 15 is 0 Å². The number of pyridine rings is 1. The van der Waals surface area contributed by atoms with Crippen LogP contribution in [0.3, 0.4) is 0 Å². The SMILES string of the molecule is CCN(CC)CCNC(=O)Nc1cc(C)ccn1. The number of anilines is 1. The van der Waals surface area contributed by atoms with Crippen molar-refractivity contribution >= 4 is 11.8 Å². The number of urea groups is 1. The van der Waals surface area contributed by atoms with Crippen molar-refractivity contribution in [3.05, 3.63) is 23.9 Å². The second-order valence-electron chi connectivity index (χ2n) is 4.13. The third-order valence-corrected chi connectivity index (χ3v) is 2.77. The van der Waals surface area contributed by atoms with Crippen molar-refractivity contribution in [2.75, 3.05) is 31.5 Å². The van der Waals surface area contributed by atoms with Crippen molar-refractivity contribution in [1.82, 2.24) is 15.2 Å². The summed E-state index contributed by atoms with van der Waals surface area (Å²) < 4.78 is 0. The highest BCUT2D eigenvalue weighted by molar-refractivity contribution is 5.88. The maximum absolute atomic E-state index is 11.6. The van der Waals surface area contributed by atoms with E-state index in [4.69, 9.17) is 0 Å². The summed E-state index contributed by atoms with van der Waals surface area (Å²) >= 11 is 0. The molecule has 0 aliphatic rings. The molecule has 5 heteroatoms. The van der Waals surface area contributed by atoms with Crippen molar-refractivity contribution in [3.63, 3.8) is 0 Å². The maximum Gasteiger partial charge on any atom is 0.320 e. The Morgan fingerprint density at radius 3 is 2.72 bits per heavy atom. The van der Waals surface area contributed by atoms with Crippen LogP contribution in [0, 0.1) is 6.92 Å². The van der Waals surface area contributed by atoms with E-state index in [1.54, 1.807) is 6.20 Å². The number of amides is 2. The van der Waals surface area contributed by atoms with Gasteiger partial charge in [-0.3, -0.25) is 5.32 Å². The van der Waals surface area contributed by atoms with Gasteiger partial charge < -0.3 is 10.2 Å². The monoisotopic (exact) mass is 250 g/mol. The van der Waals surface area contributed by atoms with Gasteiger partial charge in [0.15, 0.2) is 0 Å². The first-order valence-electron chi connectivity index (χ1n) is 6.35. The summed E-state index contributed by atoms with van der Waals surface area (Å²) in [4.78, 5) is 17.9. The van der Waals surface area contributed by atoms with Crippen LogP contribution in [0.4, 0.5) is 10.6 Å². The minimum absolute atomic E-state index is 0.208. The van der Waals surface area contributed by atoms with Crippen LogP contribution in [0.5, 0.6) is 0 Å². The molecule has 0 aromatic carbocycles. The quantitative estimate of drug-likeness (QED) is 0.810. The molecule has 0 aliphatic heterocycles. The van der Waals surface area contributed by atoms with E-state index in [0.717, 1.165) is 25.2 Å². The number of aromatic nitrogens is 1. The van der Waals surface area contributed by atoms with E-state index in [0.29, 0.717) is 12.4 Å². The molecule has 18 heavy (non-hydrogen) atoms. The van der Waals surface area contributed by atoms with Crippen LogP contribution >= 0.6 is 0 Å². The van der Waals surface area contributed by atoms with Crippen molar-refractivity contribution in [2.45, 2.75) is 20.8 Å². The van der Waals surface area contributed by atoms with Gasteiger partial charge in [-0.25, -0.2) is 9.78 Å². The number of aryl methyl sites for hydroxylation is 1. The van der Waals surface area contributed by atoms with Crippen LogP contribution in [0.1, 0.15) is 19.4 Å². The molecular formula is C13H22N4O. The maximum atomic E-state index is 11.6. The lowest BCUT2D eigenvalue weighted by Crippen LogP contribution is -2.37. The van der Waals surface area contributed by atoms with Gasteiger partial charge in [0.25, 0.3) is 0 Å². The zero-order valence-electron chi connectivity index (χ0n) is 11.4. The fourth-order valence-electron chi connectivity index (χ4n) is 1.63. The number of hydrogen-bond acceptors (Lipinski definition) is 3. The average molecular weight is 250 g/mol. The lowest BCUT2D eigenvalue weighted by molar-refractivity contribution is 0.247. The van der Waals surface area contributed by atoms with E-state index in [1.165, 1.54) is 0 Å². The van der Waals surface area contributed by atoms with Crippen molar-refractivity contribution in [3.8, 4) is 0 Å². The predicted molar refractivity (Wildman–Crippen MR) is 73.8 cm³/mol. The molecule has 5 nitrogen and oxygen atoms in total. The number of nitrogens with zero attached hydrogens (tertiary/aromatic N) is 2. The molecule has 0 saturated heterocycles. The van der Waals surface area contributed by atoms with Crippen LogP contribution in [-0.2, 0) is 0 Å². The lowest BCUT2D eigenvalue weighted by atomic mass is 10.3. The van der Waals surface area contributed by atoms with Gasteiger partial charge in [0.05, 0.1) is 0 Å². The molecule has 1 rings (SSSR count). The normalized spacial score (nSPS) is 10.4. The summed E-state index contributed by atoms with van der Waals surface area (Å²) in [6, 6.07) is 3.52. The van der Waals surface area contributed by atoms with E-state index in [1.807, 2.05) is 19.1 Å². The van der Waals surface area contributed by atoms with Gasteiger partial charge >= 0.3 is 6.03 Å². The molecule has 0 spiro atoms. The van der Waals surface area contributed by atoms with E-state index in [9.17, 15) is 4.79 Å². The molecule has 2 N–H and O–H groups in total. The molecule has 0 unspecified atom stereocenters. The zero-order chi connectivity index (χ0) is 13.4. The van der Waals surface area contributed by atoms with E-state index in [-0.39, 0.29) is 6.03 Å². The molecule has 1 aromatic rings. The Hall–Kier alpha value is -1.62. The van der Waals surface area contributed by atoms with Gasteiger partial charge in [-0.05, 0) is 37.7 Å². The van der Waals surface area contributed by atoms with Gasteiger partial charge in [0.1, 0.15) is 5.82 Å². The molecule has 0 radical (unpaired) electrons. The Labute approximate surface area is 109 Å². The first kappa shape index (κ1) is 14.4. The molecular weight excluding hydrogens is 228 g/mol. The van der Waals surface area contributed by atoms with Gasteiger partial charge in [0, 0.05) is 19.3 Å². The highest BCUT2D eigenvalue weighted by Gasteiger charge is 2.03. The standard InChI is InChI=1S/C13H22N4O/c1-4-17(5-2)9-8-15-13(18)16-12-10-11(3)6-7-14-12/h6-7,10H,4-5,8-9H2,1-3H3,(H2,14,15,16,18). The van der Waals surface area contributed by atoms with Crippen molar-refractivity contribution < 1.29 is 4.79 Å². The third kappa shape index (κ3) is 5.14. The van der Waals surface area contributed by atoms with E-state index in [2.05, 4.69) is 34.4 Å². The summed E-state index contributed by atoms with van der Waals surface area (Å²) in [6.45, 7) is 9.69. The summed E-state index contributed by atoms with van der Waals surface area (Å²) in [5.41, 5.74) is 1.07. The molecule has 0 saturated carbocycles. The lowest BCUT2D eigenvalue weighted by Gasteiger charge is -2.18. The second kappa shape index (κ2) is 7.66. The number of rotatable bonds is 6. The fourth-order valence-corrected chi connectivity index (χ4v) is 1.63. The minimum atomic E-state index is -0.208. The Kier molecular flexibility index (Phi) is 6.14. The Morgan fingerprint density at radius 2 is 2.11 bits per heavy atom. The summed E-state index contributed by atoms with van der Waals surface area (Å²) in [5.74, 6) is 0.579. The summed E-state index contributed by atoms with van der Waals surface area (Å²) in [7, 11) is 0. The fraction of sp³-hybridized carbons (Fsp3) is 0.538. The largest absolute Gasteiger partial charge is 0.337 e. The summed E-state index contributed by atoms with van der Waals surface area (Å²) in [5, 5.41) is 5.53. The van der Waals surface area contributed by atoms with Crippen LogP contribution in [0.15, 0.2) is 18.3 Å². The molecule has 1 heterocycles. The van der Waals surface area contributed by atoms with Gasteiger partial charge in [-0.2, -0.15) is 0 Å². The number of hydrogen-bond donors (Lipinski definition) is 2. The van der Waals surface area contributed by atoms with Crippen LogP contribution in [0.25, 0.3) is 0 Å². The molecule has 0 atom stereocenters. The molecule has 0 aliphatic carbocycles. The predicted octanol–water partition coefficient (Wildman–Crippen LogP) is 1.85. The minimum Gasteiger partial charge on any atom is -0.337 e. The number of carbonyl (C=O) groups is 1. The number of carbonyl (C=O) groups excluding carboxylic acids is 1. The van der Waals surface area contributed by atoms with Crippen molar-refractivity contribution in [1.29, 1.82) is 0 Å². The third-order valence-electron chi connectivity index (χ3n) is 2.77. The Balaban J connectivity index is 2.29. The molecule has 1 aromatic heterocycles. The molecule has 0 bridgehead atoms. The van der Waals surface area contributed by atoms with Crippen LogP contribution in [0.2, 0.25) is 0 Å². The zero-order valence-corrected chi connectivity index (χ0v) is 11.4. The Bertz CT molecular complexity index is 377. The molecule has 2 amide bonds. The van der Waals surface area contributed by atoms with Gasteiger partial charge in [-0.15, -0.1) is 0 Å². The van der Waals surface area contributed by atoms with Gasteiger partial charge in [0.2, 0.25) is 0 Å². The van der Waals surface area contributed by atoms with E-state index < -0.39 is 0 Å². The highest BCUT2D eigenvalue weighted by Crippen LogP contribution is 2.04. The number of nitrogens with one attached hydrogen (secondary N) is 2. The topological polar surface area (TPSA) is 57.3 Å². The second-order valence-corrected chi connectivity index (χ2v) is 4.13. The van der Waals surface area contributed by atoms with Crippen LogP contribution < -0.4 is 10.6 Å². The van der Waals surface area contributed by atoms with Gasteiger partial charge in [-0.1, -0.05) is 13.8 Å². The number of likely N-dealkylation sites (N-methyl/N-ethyl adjacent to an activating group) is 1. The first-order valence-corrected chi connectivity index (χ1v) is 6.35. The smallest absolute Gasteiger partial charge is 0.320 e. The highest BCUT2D eigenvalue weighted by atomic mass is 16.2. The Morgan fingerprint density at radius 1 is 1.39 bits per heavy atom. The molecule has 100 valence electrons. The first-order chi connectivity index (χ1) is 8.65. The summed E-state index contributed by atoms with van der Waals surface area (Å²) in [6.07, 6.45) is 1.68. The molecule has 0 fully saturated rings. The van der Waals surface area contributed by atoms with Crippen molar-refractivity contribution in [2.24, 2.45) is 0 Å². The average Bonchev–Trinajstić information content (AvgIpc) is 2.34. The van der Waals surface area contributed by atoms with Crippen LogP contribution in [-0.4, -0.2) is 42.1 Å².